The summed E-state index contributed by atoms with van der Waals surface area (Å²) in [6.45, 7) is 4.84. The second-order valence-electron chi connectivity index (χ2n) is 3.03. The summed E-state index contributed by atoms with van der Waals surface area (Å²) in [6.07, 6.45) is 0.808. The van der Waals surface area contributed by atoms with Gasteiger partial charge in [-0.1, -0.05) is 6.92 Å². The quantitative estimate of drug-likeness (QED) is 0.297. The Morgan fingerprint density at radius 1 is 0.933 bits per heavy atom. The van der Waals surface area contributed by atoms with Gasteiger partial charge in [0.15, 0.2) is 0 Å². The summed E-state index contributed by atoms with van der Waals surface area (Å²) in [5, 5.41) is 0. The topological polar surface area (TPSA) is 46.2 Å². The van der Waals surface area contributed by atoms with Crippen molar-refractivity contribution < 1.29 is 24.0 Å². The lowest BCUT2D eigenvalue weighted by molar-refractivity contribution is -0.318. The summed E-state index contributed by atoms with van der Waals surface area (Å²) < 4.78 is 15.5. The van der Waals surface area contributed by atoms with Gasteiger partial charge in [0, 0.05) is 13.7 Å². The zero-order valence-electron chi connectivity index (χ0n) is 9.86. The first-order valence-electron chi connectivity index (χ1n) is 5.19. The molecule has 0 aromatic carbocycles. The van der Waals surface area contributed by atoms with Crippen LogP contribution in [0.2, 0.25) is 0 Å². The van der Waals surface area contributed by atoms with Crippen molar-refractivity contribution in [2.45, 2.75) is 19.4 Å². The standard InChI is InChI=1S/C10H22O5/c1-4-5-13-8-10(15-12-3)9-14-7-6-11-2/h10H,4-9H2,1-3H3. The van der Waals surface area contributed by atoms with E-state index in [2.05, 4.69) is 11.8 Å². The van der Waals surface area contributed by atoms with Gasteiger partial charge in [0.25, 0.3) is 0 Å². The van der Waals surface area contributed by atoms with Gasteiger partial charge in [0.05, 0.1) is 33.5 Å². The van der Waals surface area contributed by atoms with Gasteiger partial charge in [-0.2, -0.15) is 0 Å². The number of hydrogen-bond acceptors (Lipinski definition) is 5. The highest BCUT2D eigenvalue weighted by molar-refractivity contribution is 4.52. The predicted octanol–water partition coefficient (Wildman–Crippen LogP) is 1.02. The third-order valence-corrected chi connectivity index (χ3v) is 1.62. The maximum atomic E-state index is 5.34. The van der Waals surface area contributed by atoms with Crippen molar-refractivity contribution >= 4 is 0 Å². The van der Waals surface area contributed by atoms with Gasteiger partial charge in [-0.15, -0.1) is 0 Å². The highest BCUT2D eigenvalue weighted by atomic mass is 17.2. The Bertz CT molecular complexity index is 120. The molecule has 0 aliphatic heterocycles. The van der Waals surface area contributed by atoms with Gasteiger partial charge in [-0.05, 0) is 6.42 Å². The average molecular weight is 222 g/mol. The maximum absolute atomic E-state index is 5.34. The van der Waals surface area contributed by atoms with Crippen LogP contribution in [0, 0.1) is 0 Å². The molecular weight excluding hydrogens is 200 g/mol. The van der Waals surface area contributed by atoms with E-state index in [0.717, 1.165) is 13.0 Å². The minimum atomic E-state index is -0.182. The van der Waals surface area contributed by atoms with Crippen LogP contribution in [0.15, 0.2) is 0 Å². The molecule has 0 radical (unpaired) electrons. The summed E-state index contributed by atoms with van der Waals surface area (Å²) in [5.74, 6) is 0. The smallest absolute Gasteiger partial charge is 0.139 e. The number of rotatable bonds is 11. The molecule has 1 unspecified atom stereocenters. The third kappa shape index (κ3) is 10.1. The van der Waals surface area contributed by atoms with Crippen LogP contribution in [0.5, 0.6) is 0 Å². The van der Waals surface area contributed by atoms with E-state index in [4.69, 9.17) is 19.1 Å². The minimum Gasteiger partial charge on any atom is -0.382 e. The van der Waals surface area contributed by atoms with Crippen molar-refractivity contribution in [3.8, 4) is 0 Å². The van der Waals surface area contributed by atoms with E-state index in [0.29, 0.717) is 26.4 Å². The van der Waals surface area contributed by atoms with Crippen LogP contribution < -0.4 is 0 Å². The summed E-state index contributed by atoms with van der Waals surface area (Å²) in [5.41, 5.74) is 0. The fraction of sp³-hybridized carbons (Fsp3) is 1.00. The van der Waals surface area contributed by atoms with Crippen LogP contribution in [0.1, 0.15) is 13.3 Å². The first-order chi connectivity index (χ1) is 7.35. The van der Waals surface area contributed by atoms with Crippen LogP contribution in [-0.2, 0) is 24.0 Å². The van der Waals surface area contributed by atoms with Crippen molar-refractivity contribution in [1.82, 2.24) is 0 Å². The summed E-state index contributed by atoms with van der Waals surface area (Å²) >= 11 is 0. The van der Waals surface area contributed by atoms with Crippen LogP contribution in [0.25, 0.3) is 0 Å². The largest absolute Gasteiger partial charge is 0.382 e. The molecule has 0 saturated carbocycles. The van der Waals surface area contributed by atoms with E-state index < -0.39 is 0 Å². The molecule has 0 N–H and O–H groups in total. The molecule has 0 aromatic rings. The second-order valence-corrected chi connectivity index (χ2v) is 3.03. The van der Waals surface area contributed by atoms with E-state index in [-0.39, 0.29) is 6.10 Å². The normalized spacial score (nSPS) is 13.0. The fourth-order valence-corrected chi connectivity index (χ4v) is 0.956. The van der Waals surface area contributed by atoms with Gasteiger partial charge < -0.3 is 14.2 Å². The van der Waals surface area contributed by atoms with E-state index in [1.807, 2.05) is 0 Å². The Balaban J connectivity index is 3.44. The van der Waals surface area contributed by atoms with Gasteiger partial charge >= 0.3 is 0 Å². The second kappa shape index (κ2) is 11.9. The molecule has 5 heteroatoms. The number of hydrogen-bond donors (Lipinski definition) is 0. The molecule has 1 atom stereocenters. The lowest BCUT2D eigenvalue weighted by atomic mass is 10.4. The van der Waals surface area contributed by atoms with Crippen LogP contribution >= 0.6 is 0 Å². The first-order valence-corrected chi connectivity index (χ1v) is 5.19. The van der Waals surface area contributed by atoms with Crippen molar-refractivity contribution in [2.24, 2.45) is 0 Å². The molecule has 0 aliphatic carbocycles. The summed E-state index contributed by atoms with van der Waals surface area (Å²) in [7, 11) is 3.11. The third-order valence-electron chi connectivity index (χ3n) is 1.62. The Hall–Kier alpha value is -0.200. The SMILES string of the molecule is CCCOCC(COCCOC)OOC. The van der Waals surface area contributed by atoms with Crippen molar-refractivity contribution in [1.29, 1.82) is 0 Å². The minimum absolute atomic E-state index is 0.182. The molecule has 0 saturated heterocycles. The molecule has 0 spiro atoms. The monoisotopic (exact) mass is 222 g/mol. The number of methoxy groups -OCH3 is 1. The lowest BCUT2D eigenvalue weighted by Crippen LogP contribution is -2.26. The Kier molecular flexibility index (Phi) is 11.7. The molecule has 0 aromatic heterocycles. The molecule has 0 bridgehead atoms. The first kappa shape index (κ1) is 14.8. The molecule has 15 heavy (non-hydrogen) atoms. The molecule has 5 nitrogen and oxygen atoms in total. The van der Waals surface area contributed by atoms with Crippen LogP contribution in [0.4, 0.5) is 0 Å². The Morgan fingerprint density at radius 2 is 1.60 bits per heavy atom. The predicted molar refractivity (Wildman–Crippen MR) is 55.7 cm³/mol. The molecule has 0 amide bonds. The zero-order chi connectivity index (χ0) is 11.4. The van der Waals surface area contributed by atoms with Gasteiger partial charge in [-0.25, -0.2) is 9.78 Å². The molecule has 0 heterocycles. The van der Waals surface area contributed by atoms with Gasteiger partial charge in [-0.3, -0.25) is 0 Å². The van der Waals surface area contributed by atoms with Crippen molar-refractivity contribution in [3.05, 3.63) is 0 Å². The molecule has 92 valence electrons. The number of ether oxygens (including phenoxy) is 3. The molecule has 0 aliphatic rings. The van der Waals surface area contributed by atoms with Crippen molar-refractivity contribution in [3.63, 3.8) is 0 Å². The van der Waals surface area contributed by atoms with E-state index in [9.17, 15) is 0 Å². The fourth-order valence-electron chi connectivity index (χ4n) is 0.956. The Morgan fingerprint density at radius 3 is 2.13 bits per heavy atom. The zero-order valence-corrected chi connectivity index (χ0v) is 9.86. The van der Waals surface area contributed by atoms with Gasteiger partial charge in [0.1, 0.15) is 6.10 Å². The van der Waals surface area contributed by atoms with Crippen LogP contribution in [0.3, 0.4) is 0 Å². The molecule has 0 rings (SSSR count). The lowest BCUT2D eigenvalue weighted by Gasteiger charge is -2.15. The van der Waals surface area contributed by atoms with Gasteiger partial charge in [0.2, 0.25) is 0 Å². The molecular formula is C10H22O5. The van der Waals surface area contributed by atoms with Crippen molar-refractivity contribution in [2.75, 3.05) is 47.3 Å². The maximum Gasteiger partial charge on any atom is 0.139 e. The highest BCUT2D eigenvalue weighted by Crippen LogP contribution is 1.96. The molecule has 0 fully saturated rings. The highest BCUT2D eigenvalue weighted by Gasteiger charge is 2.10. The van der Waals surface area contributed by atoms with E-state index in [1.165, 1.54) is 7.11 Å². The summed E-state index contributed by atoms with van der Waals surface area (Å²) in [6, 6.07) is 0. The average Bonchev–Trinajstić information content (AvgIpc) is 2.24. The summed E-state index contributed by atoms with van der Waals surface area (Å²) in [4.78, 5) is 9.58. The van der Waals surface area contributed by atoms with E-state index in [1.54, 1.807) is 7.11 Å². The van der Waals surface area contributed by atoms with E-state index >= 15 is 0 Å². The van der Waals surface area contributed by atoms with Crippen LogP contribution in [-0.4, -0.2) is 53.4 Å². The Labute approximate surface area is 91.5 Å².